The molecule has 1 aromatic heterocycles. The van der Waals surface area contributed by atoms with Gasteiger partial charge in [0.15, 0.2) is 0 Å². The molecule has 5 heteroatoms. The van der Waals surface area contributed by atoms with Crippen LogP contribution in [0.15, 0.2) is 5.38 Å². The molecule has 2 heterocycles. The number of nitriles is 1. The number of piperazine rings is 1. The second-order valence-corrected chi connectivity index (χ2v) is 6.35. The third-order valence-corrected chi connectivity index (χ3v) is 4.31. The highest BCUT2D eigenvalue weighted by atomic mass is 32.1. The quantitative estimate of drug-likeness (QED) is 0.836. The molecule has 0 N–H and O–H groups in total. The van der Waals surface area contributed by atoms with E-state index in [-0.39, 0.29) is 5.54 Å². The first-order valence-electron chi connectivity index (χ1n) is 6.31. The fourth-order valence-electron chi connectivity index (χ4n) is 2.25. The number of nitrogens with zero attached hydrogens (tertiary/aromatic N) is 4. The number of thiazole rings is 1. The highest BCUT2D eigenvalue weighted by molar-refractivity contribution is 7.09. The van der Waals surface area contributed by atoms with Gasteiger partial charge in [-0.3, -0.25) is 9.80 Å². The van der Waals surface area contributed by atoms with Crippen LogP contribution < -0.4 is 0 Å². The van der Waals surface area contributed by atoms with Crippen LogP contribution in [0.1, 0.15) is 24.5 Å². The number of aromatic nitrogens is 1. The zero-order valence-electron chi connectivity index (χ0n) is 11.3. The van der Waals surface area contributed by atoms with Gasteiger partial charge in [-0.05, 0) is 20.8 Å². The SMILES string of the molecule is Cc1nc(CN2CCN(C(C)(C)C#N)CC2)cs1. The average molecular weight is 264 g/mol. The Morgan fingerprint density at radius 2 is 2.06 bits per heavy atom. The Balaban J connectivity index is 1.86. The predicted molar refractivity (Wildman–Crippen MR) is 73.4 cm³/mol. The van der Waals surface area contributed by atoms with Crippen molar-refractivity contribution in [2.45, 2.75) is 32.9 Å². The normalized spacial score (nSPS) is 18.8. The standard InChI is InChI=1S/C13H20N4S/c1-11-15-12(9-18-11)8-16-4-6-17(7-5-16)13(2,3)10-14/h9H,4-8H2,1-3H3. The van der Waals surface area contributed by atoms with Gasteiger partial charge >= 0.3 is 0 Å². The predicted octanol–water partition coefficient (Wildman–Crippen LogP) is 1.87. The molecule has 4 nitrogen and oxygen atoms in total. The highest BCUT2D eigenvalue weighted by Crippen LogP contribution is 2.17. The fourth-order valence-corrected chi connectivity index (χ4v) is 2.85. The van der Waals surface area contributed by atoms with E-state index in [0.29, 0.717) is 0 Å². The summed E-state index contributed by atoms with van der Waals surface area (Å²) in [6, 6.07) is 2.38. The summed E-state index contributed by atoms with van der Waals surface area (Å²) in [6.07, 6.45) is 0. The molecule has 1 saturated heterocycles. The Hall–Kier alpha value is -0.960. The lowest BCUT2D eigenvalue weighted by atomic mass is 10.0. The summed E-state index contributed by atoms with van der Waals surface area (Å²) in [7, 11) is 0. The molecule has 0 unspecified atom stereocenters. The maximum Gasteiger partial charge on any atom is 0.103 e. The third-order valence-electron chi connectivity index (χ3n) is 3.49. The second kappa shape index (κ2) is 5.35. The molecule has 0 spiro atoms. The van der Waals surface area contributed by atoms with Crippen LogP contribution in [-0.4, -0.2) is 46.5 Å². The van der Waals surface area contributed by atoms with Crippen LogP contribution >= 0.6 is 11.3 Å². The van der Waals surface area contributed by atoms with E-state index in [1.807, 2.05) is 20.8 Å². The Morgan fingerprint density at radius 1 is 1.39 bits per heavy atom. The van der Waals surface area contributed by atoms with Gasteiger partial charge in [0.05, 0.1) is 16.8 Å². The molecule has 18 heavy (non-hydrogen) atoms. The van der Waals surface area contributed by atoms with Crippen molar-refractivity contribution in [3.8, 4) is 6.07 Å². The molecule has 0 saturated carbocycles. The zero-order chi connectivity index (χ0) is 13.2. The van der Waals surface area contributed by atoms with Gasteiger partial charge in [0.1, 0.15) is 5.54 Å². The number of rotatable bonds is 3. The van der Waals surface area contributed by atoms with E-state index in [0.717, 1.165) is 37.7 Å². The number of aryl methyl sites for hydroxylation is 1. The Bertz CT molecular complexity index is 438. The summed E-state index contributed by atoms with van der Waals surface area (Å²) in [5.41, 5.74) is 0.828. The maximum absolute atomic E-state index is 9.14. The highest BCUT2D eigenvalue weighted by Gasteiger charge is 2.29. The molecule has 98 valence electrons. The van der Waals surface area contributed by atoms with Crippen LogP contribution in [0.3, 0.4) is 0 Å². The van der Waals surface area contributed by atoms with Crippen molar-refractivity contribution in [1.29, 1.82) is 5.26 Å². The van der Waals surface area contributed by atoms with Gasteiger partial charge in [0.25, 0.3) is 0 Å². The second-order valence-electron chi connectivity index (χ2n) is 5.29. The van der Waals surface area contributed by atoms with Gasteiger partial charge in [0.2, 0.25) is 0 Å². The van der Waals surface area contributed by atoms with Crippen LogP contribution in [0.25, 0.3) is 0 Å². The Labute approximate surface area is 113 Å². The summed E-state index contributed by atoms with van der Waals surface area (Å²) in [5, 5.41) is 12.4. The molecule has 0 aliphatic carbocycles. The van der Waals surface area contributed by atoms with Crippen LogP contribution in [0.4, 0.5) is 0 Å². The van der Waals surface area contributed by atoms with Crippen molar-refractivity contribution in [2.75, 3.05) is 26.2 Å². The van der Waals surface area contributed by atoms with Crippen LogP contribution in [0, 0.1) is 18.3 Å². The molecule has 1 fully saturated rings. The van der Waals surface area contributed by atoms with Crippen LogP contribution in [-0.2, 0) is 6.54 Å². The lowest BCUT2D eigenvalue weighted by Crippen LogP contribution is -2.53. The first kappa shape index (κ1) is 13.5. The third kappa shape index (κ3) is 3.08. The maximum atomic E-state index is 9.14. The van der Waals surface area contributed by atoms with E-state index in [4.69, 9.17) is 5.26 Å². The smallest absolute Gasteiger partial charge is 0.103 e. The van der Waals surface area contributed by atoms with E-state index in [2.05, 4.69) is 26.2 Å². The van der Waals surface area contributed by atoms with Crippen molar-refractivity contribution in [3.05, 3.63) is 16.1 Å². The molecular weight excluding hydrogens is 244 g/mol. The van der Waals surface area contributed by atoms with E-state index in [1.54, 1.807) is 11.3 Å². The van der Waals surface area contributed by atoms with E-state index < -0.39 is 0 Å². The minimum atomic E-state index is -0.344. The van der Waals surface area contributed by atoms with Gasteiger partial charge in [0, 0.05) is 38.1 Å². The van der Waals surface area contributed by atoms with Crippen molar-refractivity contribution in [3.63, 3.8) is 0 Å². The molecule has 1 aliphatic heterocycles. The summed E-state index contributed by atoms with van der Waals surface area (Å²) in [6.45, 7) is 10.9. The Kier molecular flexibility index (Phi) is 4.00. The zero-order valence-corrected chi connectivity index (χ0v) is 12.1. The largest absolute Gasteiger partial charge is 0.295 e. The van der Waals surface area contributed by atoms with Crippen molar-refractivity contribution >= 4 is 11.3 Å². The minimum Gasteiger partial charge on any atom is -0.295 e. The van der Waals surface area contributed by atoms with E-state index >= 15 is 0 Å². The topological polar surface area (TPSA) is 43.2 Å². The van der Waals surface area contributed by atoms with E-state index in [1.165, 1.54) is 5.69 Å². The van der Waals surface area contributed by atoms with Gasteiger partial charge < -0.3 is 0 Å². The molecule has 0 bridgehead atoms. The number of hydrogen-bond donors (Lipinski definition) is 0. The van der Waals surface area contributed by atoms with Gasteiger partial charge in [-0.15, -0.1) is 11.3 Å². The molecule has 1 aromatic rings. The molecule has 0 amide bonds. The lowest BCUT2D eigenvalue weighted by molar-refractivity contribution is 0.0758. The minimum absolute atomic E-state index is 0.344. The lowest BCUT2D eigenvalue weighted by Gasteiger charge is -2.40. The summed E-state index contributed by atoms with van der Waals surface area (Å²) in [4.78, 5) is 9.17. The monoisotopic (exact) mass is 264 g/mol. The fraction of sp³-hybridized carbons (Fsp3) is 0.692. The van der Waals surface area contributed by atoms with Gasteiger partial charge in [-0.2, -0.15) is 5.26 Å². The average Bonchev–Trinajstić information content (AvgIpc) is 2.75. The molecule has 0 atom stereocenters. The Morgan fingerprint density at radius 3 is 2.56 bits per heavy atom. The first-order chi connectivity index (χ1) is 8.51. The van der Waals surface area contributed by atoms with Gasteiger partial charge in [-0.25, -0.2) is 4.98 Å². The van der Waals surface area contributed by atoms with Crippen LogP contribution in [0.2, 0.25) is 0 Å². The first-order valence-corrected chi connectivity index (χ1v) is 7.19. The van der Waals surface area contributed by atoms with Crippen LogP contribution in [0.5, 0.6) is 0 Å². The molecule has 1 aliphatic rings. The van der Waals surface area contributed by atoms with Crippen molar-refractivity contribution < 1.29 is 0 Å². The van der Waals surface area contributed by atoms with E-state index in [9.17, 15) is 0 Å². The summed E-state index contributed by atoms with van der Waals surface area (Å²) in [5.74, 6) is 0. The van der Waals surface area contributed by atoms with Gasteiger partial charge in [-0.1, -0.05) is 0 Å². The van der Waals surface area contributed by atoms with Crippen molar-refractivity contribution in [1.82, 2.24) is 14.8 Å². The molecule has 0 radical (unpaired) electrons. The number of hydrogen-bond acceptors (Lipinski definition) is 5. The molecule has 2 rings (SSSR count). The summed E-state index contributed by atoms with van der Waals surface area (Å²) >= 11 is 1.71. The molecular formula is C13H20N4S. The summed E-state index contributed by atoms with van der Waals surface area (Å²) < 4.78 is 0. The van der Waals surface area contributed by atoms with Crippen molar-refractivity contribution in [2.24, 2.45) is 0 Å². The molecule has 0 aromatic carbocycles.